The monoisotopic (exact) mass is 388 g/mol. The predicted molar refractivity (Wildman–Crippen MR) is 106 cm³/mol. The molecule has 3 rings (SSSR count). The van der Waals surface area contributed by atoms with Gasteiger partial charge in [-0.25, -0.2) is 8.42 Å². The number of nitrogens with zero attached hydrogens (tertiary/aromatic N) is 2. The number of carbonyl (C=O) groups excluding carboxylic acids is 1. The molecule has 27 heavy (non-hydrogen) atoms. The second kappa shape index (κ2) is 8.10. The number of likely N-dealkylation sites (N-methyl/N-ethyl adjacent to an activating group) is 1. The van der Waals surface area contributed by atoms with Crippen LogP contribution in [0.2, 0.25) is 0 Å². The van der Waals surface area contributed by atoms with Gasteiger partial charge in [-0.05, 0) is 31.2 Å². The first-order valence-electron chi connectivity index (χ1n) is 9.21. The molecule has 2 aromatic rings. The van der Waals surface area contributed by atoms with Gasteiger partial charge in [-0.2, -0.15) is 0 Å². The van der Waals surface area contributed by atoms with E-state index in [1.165, 1.54) is 16.3 Å². The summed E-state index contributed by atoms with van der Waals surface area (Å²) < 4.78 is 27.1. The highest BCUT2D eigenvalue weighted by atomic mass is 32.2. The molecule has 0 aliphatic carbocycles. The molecule has 144 valence electrons. The van der Waals surface area contributed by atoms with E-state index in [0.717, 1.165) is 19.6 Å². The average molecular weight is 389 g/mol. The molecule has 2 aromatic carbocycles. The summed E-state index contributed by atoms with van der Waals surface area (Å²) in [5, 5.41) is 0. The molecule has 0 atom stereocenters. The molecule has 1 fully saturated rings. The van der Waals surface area contributed by atoms with E-state index in [4.69, 9.17) is 0 Å². The number of piperazine rings is 1. The summed E-state index contributed by atoms with van der Waals surface area (Å²) in [6.45, 7) is 6.41. The molecule has 7 heteroatoms. The molecule has 1 N–H and O–H groups in total. The van der Waals surface area contributed by atoms with Crippen LogP contribution in [-0.2, 0) is 10.0 Å². The SMILES string of the molecule is CC[NH+]1CCN(C(=O)c2ccccc2N(C)S(=O)(=O)c2ccccc2)CC1. The second-order valence-electron chi connectivity index (χ2n) is 6.70. The lowest BCUT2D eigenvalue weighted by Crippen LogP contribution is -3.14. The molecule has 1 heterocycles. The molecule has 0 saturated carbocycles. The van der Waals surface area contributed by atoms with E-state index in [0.29, 0.717) is 24.3 Å². The normalized spacial score (nSPS) is 15.6. The van der Waals surface area contributed by atoms with Crippen LogP contribution in [0.25, 0.3) is 0 Å². The summed E-state index contributed by atoms with van der Waals surface area (Å²) in [5.41, 5.74) is 0.816. The Kier molecular flexibility index (Phi) is 5.82. The van der Waals surface area contributed by atoms with Crippen LogP contribution in [0.15, 0.2) is 59.5 Å². The van der Waals surface area contributed by atoms with E-state index >= 15 is 0 Å². The number of nitrogens with one attached hydrogen (secondary N) is 1. The molecule has 0 radical (unpaired) electrons. The largest absolute Gasteiger partial charge is 0.332 e. The maximum absolute atomic E-state index is 13.1. The van der Waals surface area contributed by atoms with Crippen LogP contribution in [0.5, 0.6) is 0 Å². The van der Waals surface area contributed by atoms with Crippen molar-refractivity contribution in [2.24, 2.45) is 0 Å². The number of quaternary nitrogens is 1. The zero-order valence-corrected chi connectivity index (χ0v) is 16.6. The van der Waals surface area contributed by atoms with Gasteiger partial charge in [-0.15, -0.1) is 0 Å². The van der Waals surface area contributed by atoms with Crippen molar-refractivity contribution in [2.45, 2.75) is 11.8 Å². The van der Waals surface area contributed by atoms with Crippen molar-refractivity contribution in [3.63, 3.8) is 0 Å². The first-order chi connectivity index (χ1) is 12.9. The van der Waals surface area contributed by atoms with Crippen molar-refractivity contribution in [2.75, 3.05) is 44.1 Å². The standard InChI is InChI=1S/C20H25N3O3S/c1-3-22-13-15-23(16-14-22)20(24)18-11-7-8-12-19(18)21(2)27(25,26)17-9-5-4-6-10-17/h4-12H,3,13-16H2,1-2H3/p+1. The fraction of sp³-hybridized carbons (Fsp3) is 0.350. The Morgan fingerprint density at radius 2 is 1.63 bits per heavy atom. The number of para-hydroxylation sites is 1. The molecule has 0 unspecified atom stereocenters. The molecule has 1 aliphatic heterocycles. The highest BCUT2D eigenvalue weighted by Gasteiger charge is 2.29. The Bertz CT molecular complexity index is 892. The second-order valence-corrected chi connectivity index (χ2v) is 8.67. The van der Waals surface area contributed by atoms with Crippen molar-refractivity contribution in [1.82, 2.24) is 4.90 Å². The topological polar surface area (TPSA) is 62.1 Å². The van der Waals surface area contributed by atoms with Gasteiger partial charge in [0.1, 0.15) is 0 Å². The van der Waals surface area contributed by atoms with Crippen molar-refractivity contribution < 1.29 is 18.1 Å². The van der Waals surface area contributed by atoms with Gasteiger partial charge in [0.05, 0.1) is 48.9 Å². The van der Waals surface area contributed by atoms with Crippen LogP contribution in [0.1, 0.15) is 17.3 Å². The lowest BCUT2D eigenvalue weighted by molar-refractivity contribution is -0.902. The quantitative estimate of drug-likeness (QED) is 0.827. The molecule has 1 saturated heterocycles. The Morgan fingerprint density at radius 1 is 1.04 bits per heavy atom. The summed E-state index contributed by atoms with van der Waals surface area (Å²) in [5.74, 6) is -0.115. The highest BCUT2D eigenvalue weighted by molar-refractivity contribution is 7.92. The van der Waals surface area contributed by atoms with Gasteiger partial charge in [0, 0.05) is 7.05 Å². The van der Waals surface area contributed by atoms with Gasteiger partial charge in [0.2, 0.25) is 0 Å². The average Bonchev–Trinajstić information content (AvgIpc) is 2.73. The van der Waals surface area contributed by atoms with Gasteiger partial charge >= 0.3 is 0 Å². The number of hydrogen-bond acceptors (Lipinski definition) is 3. The molecule has 0 spiro atoms. The zero-order valence-electron chi connectivity index (χ0n) is 15.8. The van der Waals surface area contributed by atoms with Crippen molar-refractivity contribution >= 4 is 21.6 Å². The van der Waals surface area contributed by atoms with Crippen LogP contribution < -0.4 is 9.21 Å². The van der Waals surface area contributed by atoms with Crippen LogP contribution in [0.3, 0.4) is 0 Å². The highest BCUT2D eigenvalue weighted by Crippen LogP contribution is 2.26. The van der Waals surface area contributed by atoms with E-state index in [-0.39, 0.29) is 10.8 Å². The lowest BCUT2D eigenvalue weighted by Gasteiger charge is -2.32. The molecule has 0 aromatic heterocycles. The molecule has 0 bridgehead atoms. The third-order valence-electron chi connectivity index (χ3n) is 5.13. The third kappa shape index (κ3) is 3.99. The summed E-state index contributed by atoms with van der Waals surface area (Å²) in [6, 6.07) is 15.2. The number of carbonyl (C=O) groups is 1. The van der Waals surface area contributed by atoms with Gasteiger partial charge in [0.15, 0.2) is 0 Å². The van der Waals surface area contributed by atoms with E-state index in [9.17, 15) is 13.2 Å². The minimum atomic E-state index is -3.73. The number of rotatable bonds is 5. The smallest absolute Gasteiger partial charge is 0.264 e. The van der Waals surface area contributed by atoms with Crippen LogP contribution in [0, 0.1) is 0 Å². The number of amides is 1. The van der Waals surface area contributed by atoms with Crippen molar-refractivity contribution in [1.29, 1.82) is 0 Å². The van der Waals surface area contributed by atoms with Crippen molar-refractivity contribution in [3.8, 4) is 0 Å². The first-order valence-corrected chi connectivity index (χ1v) is 10.6. The van der Waals surface area contributed by atoms with E-state index < -0.39 is 10.0 Å². The van der Waals surface area contributed by atoms with Gasteiger partial charge in [-0.1, -0.05) is 30.3 Å². The van der Waals surface area contributed by atoms with Crippen LogP contribution >= 0.6 is 0 Å². The fourth-order valence-corrected chi connectivity index (χ4v) is 4.59. The summed E-state index contributed by atoms with van der Waals surface area (Å²) in [4.78, 5) is 16.6. The lowest BCUT2D eigenvalue weighted by atomic mass is 10.1. The number of benzene rings is 2. The van der Waals surface area contributed by atoms with Gasteiger partial charge in [-0.3, -0.25) is 9.10 Å². The van der Waals surface area contributed by atoms with Gasteiger partial charge in [0.25, 0.3) is 15.9 Å². The number of sulfonamides is 1. The number of hydrogen-bond donors (Lipinski definition) is 1. The Hall–Kier alpha value is -2.38. The van der Waals surface area contributed by atoms with Crippen LogP contribution in [0.4, 0.5) is 5.69 Å². The third-order valence-corrected chi connectivity index (χ3v) is 6.92. The van der Waals surface area contributed by atoms with Crippen LogP contribution in [-0.4, -0.2) is 59.0 Å². The molecule has 1 amide bonds. The maximum atomic E-state index is 13.1. The Labute approximate surface area is 161 Å². The maximum Gasteiger partial charge on any atom is 0.264 e. The van der Waals surface area contributed by atoms with Gasteiger partial charge < -0.3 is 9.80 Å². The van der Waals surface area contributed by atoms with Crippen molar-refractivity contribution in [3.05, 3.63) is 60.2 Å². The first kappa shape index (κ1) is 19.4. The zero-order chi connectivity index (χ0) is 19.4. The van der Waals surface area contributed by atoms with E-state index in [1.807, 2.05) is 4.90 Å². The fourth-order valence-electron chi connectivity index (χ4n) is 3.36. The number of anilines is 1. The van der Waals surface area contributed by atoms with E-state index in [2.05, 4.69) is 6.92 Å². The summed E-state index contributed by atoms with van der Waals surface area (Å²) in [6.07, 6.45) is 0. The molecular weight excluding hydrogens is 362 g/mol. The predicted octanol–water partition coefficient (Wildman–Crippen LogP) is 0.872. The minimum absolute atomic E-state index is 0.115. The molecule has 1 aliphatic rings. The molecule has 6 nitrogen and oxygen atoms in total. The summed E-state index contributed by atoms with van der Waals surface area (Å²) >= 11 is 0. The Balaban J connectivity index is 1.89. The Morgan fingerprint density at radius 3 is 2.26 bits per heavy atom. The molecular formula is C20H26N3O3S+. The van der Waals surface area contributed by atoms with E-state index in [1.54, 1.807) is 54.6 Å². The summed E-state index contributed by atoms with van der Waals surface area (Å²) in [7, 11) is -2.24. The minimum Gasteiger partial charge on any atom is -0.332 e.